The fourth-order valence-corrected chi connectivity index (χ4v) is 4.01. The summed E-state index contributed by atoms with van der Waals surface area (Å²) in [5.74, 6) is -0.744. The fourth-order valence-electron chi connectivity index (χ4n) is 2.93. The predicted octanol–water partition coefficient (Wildman–Crippen LogP) is 4.60. The van der Waals surface area contributed by atoms with E-state index in [0.29, 0.717) is 17.7 Å². The predicted molar refractivity (Wildman–Crippen MR) is 112 cm³/mol. The molecule has 1 N–H and O–H groups in total. The summed E-state index contributed by atoms with van der Waals surface area (Å²) >= 11 is 0. The summed E-state index contributed by atoms with van der Waals surface area (Å²) in [5.41, 5.74) is 1.94. The van der Waals surface area contributed by atoms with Gasteiger partial charge in [-0.1, -0.05) is 24.3 Å². The lowest BCUT2D eigenvalue weighted by molar-refractivity contribution is 0.0987. The van der Waals surface area contributed by atoms with Gasteiger partial charge in [0.15, 0.2) is 0 Å². The van der Waals surface area contributed by atoms with E-state index in [-0.39, 0.29) is 16.5 Å². The first kappa shape index (κ1) is 20.5. The van der Waals surface area contributed by atoms with E-state index >= 15 is 0 Å². The molecule has 0 fully saturated rings. The zero-order valence-corrected chi connectivity index (χ0v) is 16.9. The van der Waals surface area contributed by atoms with Crippen molar-refractivity contribution < 1.29 is 17.6 Å². The molecule has 7 heteroatoms. The Hall–Kier alpha value is -3.19. The van der Waals surface area contributed by atoms with Crippen molar-refractivity contribution in [3.8, 4) is 0 Å². The molecule has 0 saturated carbocycles. The third kappa shape index (κ3) is 4.63. The standard InChI is InChI=1S/C22H21FN2O3S/c1-3-25(19-7-5-4-6-8-19)22(26)21-15-20(14-9-16(21)2)29(27,28)24-18-12-10-17(23)11-13-18/h4-15,24H,3H2,1-2H3. The molecule has 0 bridgehead atoms. The molecule has 0 heterocycles. The van der Waals surface area contributed by atoms with Crippen LogP contribution in [0.5, 0.6) is 0 Å². The minimum absolute atomic E-state index is 0.0418. The van der Waals surface area contributed by atoms with Gasteiger partial charge in [0, 0.05) is 23.5 Å². The number of rotatable bonds is 6. The highest BCUT2D eigenvalue weighted by molar-refractivity contribution is 7.92. The average molecular weight is 412 g/mol. The highest BCUT2D eigenvalue weighted by Gasteiger charge is 2.22. The Morgan fingerprint density at radius 1 is 1.00 bits per heavy atom. The van der Waals surface area contributed by atoms with Crippen LogP contribution in [-0.2, 0) is 10.0 Å². The van der Waals surface area contributed by atoms with Crippen LogP contribution in [0.15, 0.2) is 77.7 Å². The zero-order chi connectivity index (χ0) is 21.0. The average Bonchev–Trinajstić information content (AvgIpc) is 2.71. The van der Waals surface area contributed by atoms with Gasteiger partial charge in [0.25, 0.3) is 15.9 Å². The highest BCUT2D eigenvalue weighted by Crippen LogP contribution is 2.23. The van der Waals surface area contributed by atoms with Gasteiger partial charge in [0.1, 0.15) is 5.82 Å². The molecule has 29 heavy (non-hydrogen) atoms. The maximum atomic E-state index is 13.1. The number of halogens is 1. The van der Waals surface area contributed by atoms with Crippen molar-refractivity contribution in [3.63, 3.8) is 0 Å². The summed E-state index contributed by atoms with van der Waals surface area (Å²) < 4.78 is 41.0. The van der Waals surface area contributed by atoms with Crippen molar-refractivity contribution >= 4 is 27.3 Å². The number of sulfonamides is 1. The van der Waals surface area contributed by atoms with Crippen LogP contribution in [-0.4, -0.2) is 20.9 Å². The molecule has 3 rings (SSSR count). The number of anilines is 2. The van der Waals surface area contributed by atoms with Gasteiger partial charge in [-0.05, 0) is 67.9 Å². The fraction of sp³-hybridized carbons (Fsp3) is 0.136. The summed E-state index contributed by atoms with van der Waals surface area (Å²) in [4.78, 5) is 14.7. The van der Waals surface area contributed by atoms with Gasteiger partial charge in [-0.25, -0.2) is 12.8 Å². The molecule has 0 saturated heterocycles. The van der Waals surface area contributed by atoms with Crippen molar-refractivity contribution in [1.82, 2.24) is 0 Å². The third-order valence-electron chi connectivity index (χ3n) is 4.48. The number of aryl methyl sites for hydroxylation is 1. The number of nitrogens with zero attached hydrogens (tertiary/aromatic N) is 1. The molecule has 0 aromatic heterocycles. The summed E-state index contributed by atoms with van der Waals surface area (Å²) in [5, 5.41) is 0. The Bertz CT molecular complexity index is 1110. The number of carbonyl (C=O) groups excluding carboxylic acids is 1. The number of carbonyl (C=O) groups is 1. The van der Waals surface area contributed by atoms with Gasteiger partial charge in [0.05, 0.1) is 4.90 Å². The maximum Gasteiger partial charge on any atom is 0.261 e. The Morgan fingerprint density at radius 2 is 1.66 bits per heavy atom. The van der Waals surface area contributed by atoms with Gasteiger partial charge in [-0.3, -0.25) is 9.52 Å². The second kappa shape index (κ2) is 8.45. The second-order valence-electron chi connectivity index (χ2n) is 6.47. The van der Waals surface area contributed by atoms with E-state index < -0.39 is 15.8 Å². The van der Waals surface area contributed by atoms with E-state index in [1.54, 1.807) is 17.9 Å². The van der Waals surface area contributed by atoms with E-state index in [4.69, 9.17) is 0 Å². The second-order valence-corrected chi connectivity index (χ2v) is 8.16. The number of para-hydroxylation sites is 1. The van der Waals surface area contributed by atoms with Crippen LogP contribution >= 0.6 is 0 Å². The summed E-state index contributed by atoms with van der Waals surface area (Å²) in [6, 6.07) is 18.6. The normalized spacial score (nSPS) is 11.1. The van der Waals surface area contributed by atoms with Crippen molar-refractivity contribution in [2.75, 3.05) is 16.2 Å². The van der Waals surface area contributed by atoms with Crippen LogP contribution in [0.2, 0.25) is 0 Å². The number of hydrogen-bond acceptors (Lipinski definition) is 3. The quantitative estimate of drug-likeness (QED) is 0.643. The largest absolute Gasteiger partial charge is 0.309 e. The minimum Gasteiger partial charge on any atom is -0.309 e. The Kier molecular flexibility index (Phi) is 5.98. The zero-order valence-electron chi connectivity index (χ0n) is 16.1. The smallest absolute Gasteiger partial charge is 0.261 e. The molecule has 0 atom stereocenters. The summed E-state index contributed by atoms with van der Waals surface area (Å²) in [7, 11) is -3.94. The Balaban J connectivity index is 1.94. The lowest BCUT2D eigenvalue weighted by atomic mass is 10.1. The SMILES string of the molecule is CCN(C(=O)c1cc(S(=O)(=O)Nc2ccc(F)cc2)ccc1C)c1ccccc1. The minimum atomic E-state index is -3.94. The van der Waals surface area contributed by atoms with Crippen molar-refractivity contribution in [2.45, 2.75) is 18.7 Å². The van der Waals surface area contributed by atoms with Gasteiger partial charge in [-0.2, -0.15) is 0 Å². The third-order valence-corrected chi connectivity index (χ3v) is 5.85. The van der Waals surface area contributed by atoms with E-state index in [2.05, 4.69) is 4.72 Å². The summed E-state index contributed by atoms with van der Waals surface area (Å²) in [6.07, 6.45) is 0. The number of nitrogens with one attached hydrogen (secondary N) is 1. The molecule has 0 aliphatic rings. The lowest BCUT2D eigenvalue weighted by Crippen LogP contribution is -2.31. The highest BCUT2D eigenvalue weighted by atomic mass is 32.2. The molecule has 3 aromatic rings. The first-order valence-corrected chi connectivity index (χ1v) is 10.6. The van der Waals surface area contributed by atoms with E-state index in [1.165, 1.54) is 36.4 Å². The number of benzene rings is 3. The van der Waals surface area contributed by atoms with Crippen molar-refractivity contribution in [2.24, 2.45) is 0 Å². The molecule has 0 spiro atoms. The first-order chi connectivity index (χ1) is 13.8. The molecule has 3 aromatic carbocycles. The van der Waals surface area contributed by atoms with Gasteiger partial charge < -0.3 is 4.90 Å². The van der Waals surface area contributed by atoms with Crippen LogP contribution in [0.3, 0.4) is 0 Å². The van der Waals surface area contributed by atoms with Crippen LogP contribution in [0, 0.1) is 12.7 Å². The van der Waals surface area contributed by atoms with Crippen LogP contribution in [0.4, 0.5) is 15.8 Å². The molecule has 1 amide bonds. The molecule has 0 aliphatic heterocycles. The molecule has 0 radical (unpaired) electrons. The van der Waals surface area contributed by atoms with E-state index in [0.717, 1.165) is 5.69 Å². The molecular formula is C22H21FN2O3S. The molecule has 5 nitrogen and oxygen atoms in total. The Morgan fingerprint density at radius 3 is 2.28 bits per heavy atom. The van der Waals surface area contributed by atoms with Crippen molar-refractivity contribution in [3.05, 3.63) is 89.7 Å². The monoisotopic (exact) mass is 412 g/mol. The topological polar surface area (TPSA) is 66.5 Å². The van der Waals surface area contributed by atoms with Crippen molar-refractivity contribution in [1.29, 1.82) is 0 Å². The summed E-state index contributed by atoms with van der Waals surface area (Å²) in [6.45, 7) is 4.06. The van der Waals surface area contributed by atoms with Gasteiger partial charge in [0.2, 0.25) is 0 Å². The number of amides is 1. The molecule has 150 valence electrons. The van der Waals surface area contributed by atoms with Crippen LogP contribution < -0.4 is 9.62 Å². The first-order valence-electron chi connectivity index (χ1n) is 9.08. The lowest BCUT2D eigenvalue weighted by Gasteiger charge is -2.22. The van der Waals surface area contributed by atoms with Crippen LogP contribution in [0.1, 0.15) is 22.8 Å². The number of hydrogen-bond donors (Lipinski definition) is 1. The van der Waals surface area contributed by atoms with Gasteiger partial charge >= 0.3 is 0 Å². The van der Waals surface area contributed by atoms with E-state index in [9.17, 15) is 17.6 Å². The molecule has 0 unspecified atom stereocenters. The molecule has 0 aliphatic carbocycles. The maximum absolute atomic E-state index is 13.1. The molecular weight excluding hydrogens is 391 g/mol. The Labute approximate surface area is 169 Å². The van der Waals surface area contributed by atoms with E-state index in [1.807, 2.05) is 37.3 Å². The van der Waals surface area contributed by atoms with Crippen LogP contribution in [0.25, 0.3) is 0 Å². The van der Waals surface area contributed by atoms with Gasteiger partial charge in [-0.15, -0.1) is 0 Å².